The van der Waals surface area contributed by atoms with E-state index in [1.54, 1.807) is 12.3 Å². The van der Waals surface area contributed by atoms with Gasteiger partial charge in [0.05, 0.1) is 5.69 Å². The zero-order valence-electron chi connectivity index (χ0n) is 10.8. The zero-order chi connectivity index (χ0) is 13.0. The monoisotopic (exact) mass is 247 g/mol. The summed E-state index contributed by atoms with van der Waals surface area (Å²) < 4.78 is 15.6. The van der Waals surface area contributed by atoms with Gasteiger partial charge in [-0.3, -0.25) is 4.68 Å². The molecule has 96 valence electrons. The molecule has 18 heavy (non-hydrogen) atoms. The number of nitrogens with one attached hydrogen (secondary N) is 1. The first kappa shape index (κ1) is 12.8. The van der Waals surface area contributed by atoms with E-state index in [1.165, 1.54) is 6.07 Å². The summed E-state index contributed by atoms with van der Waals surface area (Å²) >= 11 is 0. The maximum atomic E-state index is 13.7. The Morgan fingerprint density at radius 2 is 2.11 bits per heavy atom. The minimum Gasteiger partial charge on any atom is -0.313 e. The molecule has 0 aliphatic rings. The Labute approximate surface area is 107 Å². The van der Waals surface area contributed by atoms with Gasteiger partial charge < -0.3 is 5.32 Å². The molecule has 0 radical (unpaired) electrons. The van der Waals surface area contributed by atoms with E-state index in [2.05, 4.69) is 10.4 Å². The molecule has 0 saturated heterocycles. The van der Waals surface area contributed by atoms with Crippen LogP contribution < -0.4 is 5.32 Å². The number of halogens is 1. The highest BCUT2D eigenvalue weighted by Crippen LogP contribution is 2.22. The molecule has 0 amide bonds. The van der Waals surface area contributed by atoms with Gasteiger partial charge in [-0.05, 0) is 37.7 Å². The summed E-state index contributed by atoms with van der Waals surface area (Å²) in [6.07, 6.45) is 1.77. The van der Waals surface area contributed by atoms with Crippen molar-refractivity contribution in [3.63, 3.8) is 0 Å². The first-order chi connectivity index (χ1) is 8.76. The van der Waals surface area contributed by atoms with Gasteiger partial charge in [0.2, 0.25) is 0 Å². The Bertz CT molecular complexity index is 520. The van der Waals surface area contributed by atoms with Crippen molar-refractivity contribution in [2.24, 2.45) is 0 Å². The standard InChI is InChI=1S/C14H18FN3/c1-3-16-10-12-9-11(5-6-13(12)15)14-7-8-17-18(14)4-2/h5-9,16H,3-4,10H2,1-2H3. The van der Waals surface area contributed by atoms with Gasteiger partial charge in [-0.2, -0.15) is 5.10 Å². The molecule has 1 aromatic heterocycles. The lowest BCUT2D eigenvalue weighted by Gasteiger charge is -2.09. The van der Waals surface area contributed by atoms with Crippen LogP contribution in [0.25, 0.3) is 11.3 Å². The van der Waals surface area contributed by atoms with Crippen molar-refractivity contribution < 1.29 is 4.39 Å². The topological polar surface area (TPSA) is 29.9 Å². The van der Waals surface area contributed by atoms with Crippen LogP contribution in [-0.2, 0) is 13.1 Å². The van der Waals surface area contributed by atoms with E-state index in [0.717, 1.165) is 24.3 Å². The highest BCUT2D eigenvalue weighted by molar-refractivity contribution is 5.60. The molecule has 0 unspecified atom stereocenters. The van der Waals surface area contributed by atoms with Gasteiger partial charge >= 0.3 is 0 Å². The number of aromatic nitrogens is 2. The van der Waals surface area contributed by atoms with Gasteiger partial charge in [-0.25, -0.2) is 4.39 Å². The van der Waals surface area contributed by atoms with Gasteiger partial charge in [-0.1, -0.05) is 6.92 Å². The summed E-state index contributed by atoms with van der Waals surface area (Å²) in [6.45, 7) is 6.24. The van der Waals surface area contributed by atoms with E-state index in [0.29, 0.717) is 12.1 Å². The number of rotatable bonds is 5. The van der Waals surface area contributed by atoms with Crippen molar-refractivity contribution in [3.8, 4) is 11.3 Å². The Kier molecular flexibility index (Phi) is 4.10. The van der Waals surface area contributed by atoms with Crippen LogP contribution in [0.15, 0.2) is 30.5 Å². The molecule has 0 aliphatic heterocycles. The fourth-order valence-corrected chi connectivity index (χ4v) is 1.96. The number of hydrogen-bond acceptors (Lipinski definition) is 2. The summed E-state index contributed by atoms with van der Waals surface area (Å²) in [5.41, 5.74) is 2.72. The van der Waals surface area contributed by atoms with Crippen molar-refractivity contribution >= 4 is 0 Å². The maximum Gasteiger partial charge on any atom is 0.127 e. The molecule has 1 heterocycles. The average Bonchev–Trinajstić information content (AvgIpc) is 2.86. The van der Waals surface area contributed by atoms with E-state index in [1.807, 2.05) is 30.7 Å². The number of benzene rings is 1. The third kappa shape index (κ3) is 2.59. The second kappa shape index (κ2) is 5.78. The largest absolute Gasteiger partial charge is 0.313 e. The van der Waals surface area contributed by atoms with Crippen LogP contribution in [0.2, 0.25) is 0 Å². The third-order valence-corrected chi connectivity index (χ3v) is 2.92. The molecule has 0 fully saturated rings. The molecule has 1 N–H and O–H groups in total. The molecule has 0 aliphatic carbocycles. The fraction of sp³-hybridized carbons (Fsp3) is 0.357. The summed E-state index contributed by atoms with van der Waals surface area (Å²) in [4.78, 5) is 0. The highest BCUT2D eigenvalue weighted by atomic mass is 19.1. The first-order valence-corrected chi connectivity index (χ1v) is 6.27. The van der Waals surface area contributed by atoms with Crippen LogP contribution in [0.4, 0.5) is 4.39 Å². The van der Waals surface area contributed by atoms with Crippen molar-refractivity contribution in [3.05, 3.63) is 41.8 Å². The predicted octanol–water partition coefficient (Wildman–Crippen LogP) is 2.82. The van der Waals surface area contributed by atoms with E-state index in [-0.39, 0.29) is 5.82 Å². The van der Waals surface area contributed by atoms with Gasteiger partial charge in [0.25, 0.3) is 0 Å². The molecule has 0 bridgehead atoms. The Balaban J connectivity index is 2.34. The Morgan fingerprint density at radius 1 is 1.28 bits per heavy atom. The SMILES string of the molecule is CCNCc1cc(-c2ccnn2CC)ccc1F. The molecule has 2 rings (SSSR count). The van der Waals surface area contributed by atoms with Crippen molar-refractivity contribution in [1.29, 1.82) is 0 Å². The summed E-state index contributed by atoms with van der Waals surface area (Å²) in [5, 5.41) is 7.38. The Hall–Kier alpha value is -1.68. The van der Waals surface area contributed by atoms with Crippen LogP contribution in [-0.4, -0.2) is 16.3 Å². The lowest BCUT2D eigenvalue weighted by atomic mass is 10.1. The minimum atomic E-state index is -0.165. The third-order valence-electron chi connectivity index (χ3n) is 2.92. The first-order valence-electron chi connectivity index (χ1n) is 6.27. The second-order valence-electron chi connectivity index (χ2n) is 4.12. The smallest absolute Gasteiger partial charge is 0.127 e. The van der Waals surface area contributed by atoms with Crippen LogP contribution in [0.1, 0.15) is 19.4 Å². The summed E-state index contributed by atoms with van der Waals surface area (Å²) in [7, 11) is 0. The lowest BCUT2D eigenvalue weighted by molar-refractivity contribution is 0.593. The maximum absolute atomic E-state index is 13.7. The molecule has 0 spiro atoms. The number of nitrogens with zero attached hydrogens (tertiary/aromatic N) is 2. The van der Waals surface area contributed by atoms with Gasteiger partial charge in [0.1, 0.15) is 5.82 Å². The number of aryl methyl sites for hydroxylation is 1. The fourth-order valence-electron chi connectivity index (χ4n) is 1.96. The number of hydrogen-bond donors (Lipinski definition) is 1. The van der Waals surface area contributed by atoms with Crippen LogP contribution in [0.3, 0.4) is 0 Å². The normalized spacial score (nSPS) is 10.8. The highest BCUT2D eigenvalue weighted by Gasteiger charge is 2.08. The van der Waals surface area contributed by atoms with Crippen LogP contribution in [0, 0.1) is 5.82 Å². The molecule has 3 nitrogen and oxygen atoms in total. The van der Waals surface area contributed by atoms with Crippen LogP contribution in [0.5, 0.6) is 0 Å². The molecule has 0 saturated carbocycles. The predicted molar refractivity (Wildman–Crippen MR) is 70.7 cm³/mol. The van der Waals surface area contributed by atoms with E-state index in [4.69, 9.17) is 0 Å². The molecule has 1 aromatic carbocycles. The van der Waals surface area contributed by atoms with Gasteiger partial charge in [-0.15, -0.1) is 0 Å². The molecular formula is C14H18FN3. The van der Waals surface area contributed by atoms with E-state index in [9.17, 15) is 4.39 Å². The van der Waals surface area contributed by atoms with Gasteiger partial charge in [0.15, 0.2) is 0 Å². The minimum absolute atomic E-state index is 0.165. The zero-order valence-corrected chi connectivity index (χ0v) is 10.8. The average molecular weight is 247 g/mol. The van der Waals surface area contributed by atoms with Crippen molar-refractivity contribution in [2.75, 3.05) is 6.54 Å². The Morgan fingerprint density at radius 3 is 2.83 bits per heavy atom. The van der Waals surface area contributed by atoms with Gasteiger partial charge in [0, 0.05) is 30.4 Å². The summed E-state index contributed by atoms with van der Waals surface area (Å²) in [5.74, 6) is -0.165. The molecule has 2 aromatic rings. The lowest BCUT2D eigenvalue weighted by Crippen LogP contribution is -2.13. The van der Waals surface area contributed by atoms with E-state index < -0.39 is 0 Å². The second-order valence-corrected chi connectivity index (χ2v) is 4.12. The molecule has 4 heteroatoms. The molecule has 0 atom stereocenters. The summed E-state index contributed by atoms with van der Waals surface area (Å²) in [6, 6.07) is 7.16. The quantitative estimate of drug-likeness (QED) is 0.880. The van der Waals surface area contributed by atoms with Crippen LogP contribution >= 0.6 is 0 Å². The van der Waals surface area contributed by atoms with E-state index >= 15 is 0 Å². The molecular weight excluding hydrogens is 229 g/mol. The van der Waals surface area contributed by atoms with Crippen molar-refractivity contribution in [1.82, 2.24) is 15.1 Å². The van der Waals surface area contributed by atoms with Crippen molar-refractivity contribution in [2.45, 2.75) is 26.9 Å².